The van der Waals surface area contributed by atoms with Crippen molar-refractivity contribution in [3.63, 3.8) is 0 Å². The van der Waals surface area contributed by atoms with E-state index in [0.717, 1.165) is 50.8 Å². The summed E-state index contributed by atoms with van der Waals surface area (Å²) >= 11 is 3.49. The van der Waals surface area contributed by atoms with Crippen molar-refractivity contribution in [1.82, 2.24) is 19.9 Å². The van der Waals surface area contributed by atoms with Crippen molar-refractivity contribution in [2.75, 3.05) is 6.61 Å². The average molecular weight is 445 g/mol. The summed E-state index contributed by atoms with van der Waals surface area (Å²) in [5.74, 6) is 0.0227. The molecule has 1 atom stereocenters. The van der Waals surface area contributed by atoms with Gasteiger partial charge in [-0.25, -0.2) is 9.50 Å². The fourth-order valence-electron chi connectivity index (χ4n) is 4.05. The number of carbonyl (C=O) groups excluding carboxylic acids is 1. The van der Waals surface area contributed by atoms with Crippen LogP contribution in [0.1, 0.15) is 43.6 Å². The second-order valence-corrected chi connectivity index (χ2v) is 9.12. The molecule has 3 aromatic rings. The fraction of sp³-hybridized carbons (Fsp3) is 0.476. The van der Waals surface area contributed by atoms with Gasteiger partial charge in [-0.15, -0.1) is 0 Å². The molecule has 3 heterocycles. The third-order valence-electron chi connectivity index (χ3n) is 5.47. The topological polar surface area (TPSA) is 68.5 Å². The molecule has 7 heteroatoms. The summed E-state index contributed by atoms with van der Waals surface area (Å²) in [6.45, 7) is 8.78. The number of carbonyl (C=O) groups is 1. The van der Waals surface area contributed by atoms with Crippen LogP contribution in [0.25, 0.3) is 16.6 Å². The minimum absolute atomic E-state index is 0.0227. The van der Waals surface area contributed by atoms with E-state index in [9.17, 15) is 4.79 Å². The normalized spacial score (nSPS) is 19.2. The summed E-state index contributed by atoms with van der Waals surface area (Å²) in [4.78, 5) is 17.5. The quantitative estimate of drug-likeness (QED) is 0.665. The Morgan fingerprint density at radius 1 is 1.39 bits per heavy atom. The number of nitrogens with one attached hydrogen (secondary N) is 1. The molecule has 0 radical (unpaired) electrons. The molecule has 1 saturated heterocycles. The average Bonchev–Trinajstić information content (AvgIpc) is 2.95. The van der Waals surface area contributed by atoms with E-state index in [0.29, 0.717) is 13.0 Å². The lowest BCUT2D eigenvalue weighted by Crippen LogP contribution is -2.46. The standard InChI is InChI=1S/C21H25BrN4O2/c1-12-17(10-19(27)24-15-7-8-28-21(3,4)11-15)13(2)26-20(23-12)16-6-5-14(22)9-18(16)25-26/h5-6,9,15H,7-8,10-11H2,1-4H3,(H,24,27)/t15-/m1/s1. The first-order chi connectivity index (χ1) is 13.2. The van der Waals surface area contributed by atoms with E-state index < -0.39 is 0 Å². The molecule has 0 spiro atoms. The Bertz CT molecular complexity index is 1070. The third kappa shape index (κ3) is 3.65. The maximum Gasteiger partial charge on any atom is 0.224 e. The Hall–Kier alpha value is -1.99. The van der Waals surface area contributed by atoms with Gasteiger partial charge in [0.25, 0.3) is 0 Å². The lowest BCUT2D eigenvalue weighted by Gasteiger charge is -2.35. The van der Waals surface area contributed by atoms with Gasteiger partial charge >= 0.3 is 0 Å². The lowest BCUT2D eigenvalue weighted by molar-refractivity contribution is -0.123. The second kappa shape index (κ2) is 7.12. The van der Waals surface area contributed by atoms with E-state index in [4.69, 9.17) is 14.8 Å². The van der Waals surface area contributed by atoms with Crippen LogP contribution in [-0.4, -0.2) is 38.8 Å². The molecule has 1 fully saturated rings. The number of benzene rings is 1. The van der Waals surface area contributed by atoms with Crippen LogP contribution < -0.4 is 5.32 Å². The van der Waals surface area contributed by atoms with E-state index in [2.05, 4.69) is 35.1 Å². The van der Waals surface area contributed by atoms with Crippen LogP contribution in [0.4, 0.5) is 0 Å². The van der Waals surface area contributed by atoms with E-state index in [1.807, 2.05) is 36.6 Å². The van der Waals surface area contributed by atoms with Crippen LogP contribution >= 0.6 is 15.9 Å². The van der Waals surface area contributed by atoms with Gasteiger partial charge in [0, 0.05) is 39.5 Å². The van der Waals surface area contributed by atoms with Gasteiger partial charge in [-0.05, 0) is 58.7 Å². The summed E-state index contributed by atoms with van der Waals surface area (Å²) in [5.41, 5.74) is 4.28. The highest BCUT2D eigenvalue weighted by molar-refractivity contribution is 9.10. The molecule has 1 N–H and O–H groups in total. The Labute approximate surface area is 172 Å². The predicted octanol–water partition coefficient (Wildman–Crippen LogP) is 3.88. The molecule has 4 rings (SSSR count). The third-order valence-corrected chi connectivity index (χ3v) is 5.97. The highest BCUT2D eigenvalue weighted by atomic mass is 79.9. The fourth-order valence-corrected chi connectivity index (χ4v) is 4.40. The largest absolute Gasteiger partial charge is 0.375 e. The number of nitrogens with zero attached hydrogens (tertiary/aromatic N) is 3. The van der Waals surface area contributed by atoms with Crippen molar-refractivity contribution in [2.45, 2.75) is 58.6 Å². The van der Waals surface area contributed by atoms with Crippen LogP contribution in [0.15, 0.2) is 22.7 Å². The number of halogens is 1. The summed E-state index contributed by atoms with van der Waals surface area (Å²) in [7, 11) is 0. The molecular formula is C21H25BrN4O2. The first-order valence-corrected chi connectivity index (χ1v) is 10.4. The zero-order valence-electron chi connectivity index (χ0n) is 16.7. The summed E-state index contributed by atoms with van der Waals surface area (Å²) in [6, 6.07) is 6.15. The smallest absolute Gasteiger partial charge is 0.224 e. The predicted molar refractivity (Wildman–Crippen MR) is 113 cm³/mol. The Balaban J connectivity index is 1.61. The van der Waals surface area contributed by atoms with Crippen LogP contribution in [0.3, 0.4) is 0 Å². The Morgan fingerprint density at radius 2 is 2.18 bits per heavy atom. The van der Waals surface area contributed by atoms with Crippen molar-refractivity contribution in [3.8, 4) is 0 Å². The number of fused-ring (bicyclic) bond motifs is 3. The van der Waals surface area contributed by atoms with Gasteiger partial charge in [-0.1, -0.05) is 15.9 Å². The zero-order chi connectivity index (χ0) is 20.1. The second-order valence-electron chi connectivity index (χ2n) is 8.20. The number of ether oxygens (including phenoxy) is 1. The number of hydrogen-bond donors (Lipinski definition) is 1. The van der Waals surface area contributed by atoms with Crippen LogP contribution in [0.5, 0.6) is 0 Å². The van der Waals surface area contributed by atoms with Gasteiger partial charge in [0.1, 0.15) is 0 Å². The molecule has 0 aliphatic carbocycles. The van der Waals surface area contributed by atoms with Gasteiger partial charge in [0.2, 0.25) is 5.91 Å². The van der Waals surface area contributed by atoms with E-state index >= 15 is 0 Å². The van der Waals surface area contributed by atoms with Gasteiger partial charge in [-0.2, -0.15) is 5.10 Å². The number of aromatic nitrogens is 3. The highest BCUT2D eigenvalue weighted by Gasteiger charge is 2.30. The van der Waals surface area contributed by atoms with Gasteiger partial charge in [-0.3, -0.25) is 4.79 Å². The molecule has 2 aromatic heterocycles. The molecule has 1 aromatic carbocycles. The highest BCUT2D eigenvalue weighted by Crippen LogP contribution is 2.26. The molecule has 0 bridgehead atoms. The molecule has 148 valence electrons. The molecular weight excluding hydrogens is 420 g/mol. The van der Waals surface area contributed by atoms with Crippen molar-refractivity contribution in [1.29, 1.82) is 0 Å². The zero-order valence-corrected chi connectivity index (χ0v) is 18.3. The van der Waals surface area contributed by atoms with E-state index in [1.54, 1.807) is 0 Å². The first kappa shape index (κ1) is 19.3. The Kier molecular flexibility index (Phi) is 4.91. The van der Waals surface area contributed by atoms with Gasteiger partial charge in [0.15, 0.2) is 5.65 Å². The van der Waals surface area contributed by atoms with E-state index in [-0.39, 0.29) is 17.6 Å². The summed E-state index contributed by atoms with van der Waals surface area (Å²) in [5, 5.41) is 8.88. The molecule has 1 aliphatic rings. The SMILES string of the molecule is Cc1nc2c3ccc(Br)cc3nn2c(C)c1CC(=O)N[C@@H]1CCOC(C)(C)C1. The first-order valence-electron chi connectivity index (χ1n) is 9.61. The van der Waals surface area contributed by atoms with Crippen LogP contribution in [0, 0.1) is 13.8 Å². The molecule has 1 amide bonds. The van der Waals surface area contributed by atoms with Crippen molar-refractivity contribution >= 4 is 38.4 Å². The molecule has 0 saturated carbocycles. The van der Waals surface area contributed by atoms with E-state index in [1.165, 1.54) is 0 Å². The lowest BCUT2D eigenvalue weighted by atomic mass is 9.93. The monoisotopic (exact) mass is 444 g/mol. The minimum Gasteiger partial charge on any atom is -0.375 e. The number of amides is 1. The van der Waals surface area contributed by atoms with Gasteiger partial charge in [0.05, 0.1) is 17.5 Å². The maximum absolute atomic E-state index is 12.7. The van der Waals surface area contributed by atoms with Crippen LogP contribution in [-0.2, 0) is 16.0 Å². The number of hydrogen-bond acceptors (Lipinski definition) is 4. The van der Waals surface area contributed by atoms with Crippen LogP contribution in [0.2, 0.25) is 0 Å². The van der Waals surface area contributed by atoms with Crippen molar-refractivity contribution in [3.05, 3.63) is 39.6 Å². The van der Waals surface area contributed by atoms with Crippen molar-refractivity contribution < 1.29 is 9.53 Å². The van der Waals surface area contributed by atoms with Crippen molar-refractivity contribution in [2.24, 2.45) is 0 Å². The van der Waals surface area contributed by atoms with Gasteiger partial charge < -0.3 is 10.1 Å². The number of rotatable bonds is 3. The molecule has 1 aliphatic heterocycles. The minimum atomic E-state index is -0.189. The molecule has 6 nitrogen and oxygen atoms in total. The molecule has 28 heavy (non-hydrogen) atoms. The summed E-state index contributed by atoms with van der Waals surface area (Å²) < 4.78 is 8.58. The summed E-state index contributed by atoms with van der Waals surface area (Å²) in [6.07, 6.45) is 1.98. The molecule has 0 unspecified atom stereocenters. The maximum atomic E-state index is 12.7. The Morgan fingerprint density at radius 3 is 2.93 bits per heavy atom. The number of aryl methyl sites for hydroxylation is 2.